The van der Waals surface area contributed by atoms with Crippen molar-refractivity contribution >= 4 is 22.6 Å². The van der Waals surface area contributed by atoms with E-state index in [4.69, 9.17) is 0 Å². The number of hydrogen-bond acceptors (Lipinski definition) is 1. The molecular formula is C9H10BrN. The van der Waals surface area contributed by atoms with E-state index in [0.717, 1.165) is 5.33 Å². The van der Waals surface area contributed by atoms with Crippen LogP contribution >= 0.6 is 15.9 Å². The van der Waals surface area contributed by atoms with Crippen LogP contribution in [0, 0.1) is 0 Å². The summed E-state index contributed by atoms with van der Waals surface area (Å²) in [6, 6.07) is 8.33. The summed E-state index contributed by atoms with van der Waals surface area (Å²) in [4.78, 5) is 3.80. The summed E-state index contributed by atoms with van der Waals surface area (Å²) in [5.41, 5.74) is 2.50. The first-order valence-electron chi connectivity index (χ1n) is 3.43. The smallest absolute Gasteiger partial charge is 0.0632 e. The van der Waals surface area contributed by atoms with Gasteiger partial charge in [-0.3, -0.25) is 4.99 Å². The summed E-state index contributed by atoms with van der Waals surface area (Å²) in [5, 5.41) is 0.912. The largest absolute Gasteiger partial charge is 0.296 e. The molecule has 1 aromatic carbocycles. The van der Waals surface area contributed by atoms with Crippen LogP contribution in [-0.2, 0) is 11.9 Å². The molecule has 0 aliphatic heterocycles. The highest BCUT2D eigenvalue weighted by atomic mass is 79.9. The number of aliphatic imine (C=N–C) groups is 1. The molecule has 1 aromatic rings. The maximum atomic E-state index is 3.80. The van der Waals surface area contributed by atoms with E-state index in [1.54, 1.807) is 0 Å². The van der Waals surface area contributed by atoms with E-state index in [0.29, 0.717) is 6.54 Å². The van der Waals surface area contributed by atoms with Crippen LogP contribution in [-0.4, -0.2) is 6.72 Å². The van der Waals surface area contributed by atoms with Gasteiger partial charge in [-0.25, -0.2) is 0 Å². The minimum Gasteiger partial charge on any atom is -0.296 e. The molecule has 58 valence electrons. The fourth-order valence-corrected chi connectivity index (χ4v) is 1.24. The van der Waals surface area contributed by atoms with Gasteiger partial charge in [0.1, 0.15) is 0 Å². The molecule has 0 spiro atoms. The van der Waals surface area contributed by atoms with Crippen molar-refractivity contribution in [2.24, 2.45) is 4.99 Å². The van der Waals surface area contributed by atoms with Gasteiger partial charge >= 0.3 is 0 Å². The zero-order valence-electron chi connectivity index (χ0n) is 6.26. The van der Waals surface area contributed by atoms with Gasteiger partial charge in [0.25, 0.3) is 0 Å². The van der Waals surface area contributed by atoms with Crippen LogP contribution in [0.5, 0.6) is 0 Å². The first-order chi connectivity index (χ1) is 5.36. The van der Waals surface area contributed by atoms with Crippen molar-refractivity contribution in [1.82, 2.24) is 0 Å². The minimum absolute atomic E-state index is 0.711. The molecule has 0 atom stereocenters. The van der Waals surface area contributed by atoms with E-state index in [1.807, 2.05) is 0 Å². The van der Waals surface area contributed by atoms with E-state index in [-0.39, 0.29) is 0 Å². The third-order valence-corrected chi connectivity index (χ3v) is 2.12. The van der Waals surface area contributed by atoms with Gasteiger partial charge in [0.2, 0.25) is 0 Å². The second kappa shape index (κ2) is 4.29. The highest BCUT2D eigenvalue weighted by Crippen LogP contribution is 2.08. The Labute approximate surface area is 75.3 Å². The number of hydrogen-bond donors (Lipinski definition) is 0. The lowest BCUT2D eigenvalue weighted by Crippen LogP contribution is -1.81. The Morgan fingerprint density at radius 3 is 2.18 bits per heavy atom. The van der Waals surface area contributed by atoms with Crippen LogP contribution < -0.4 is 0 Å². The van der Waals surface area contributed by atoms with Crippen LogP contribution in [0.1, 0.15) is 11.1 Å². The molecule has 0 aromatic heterocycles. The molecule has 1 nitrogen and oxygen atoms in total. The van der Waals surface area contributed by atoms with E-state index in [2.05, 4.69) is 51.9 Å². The fourth-order valence-electron chi connectivity index (χ4n) is 0.863. The number of benzene rings is 1. The summed E-state index contributed by atoms with van der Waals surface area (Å²) in [6.07, 6.45) is 0. The predicted octanol–water partition coefficient (Wildman–Crippen LogP) is 2.78. The summed E-state index contributed by atoms with van der Waals surface area (Å²) in [7, 11) is 0. The second-order valence-electron chi connectivity index (χ2n) is 2.33. The highest BCUT2D eigenvalue weighted by Gasteiger charge is 1.90. The molecule has 0 N–H and O–H groups in total. The standard InChI is InChI=1S/C9H10BrN/c1-11-7-9-4-2-8(6-10)3-5-9/h2-5H,1,6-7H2. The monoisotopic (exact) mass is 211 g/mol. The molecule has 0 amide bonds. The van der Waals surface area contributed by atoms with Gasteiger partial charge in [0.15, 0.2) is 0 Å². The van der Waals surface area contributed by atoms with Crippen molar-refractivity contribution in [2.75, 3.05) is 0 Å². The number of rotatable bonds is 3. The van der Waals surface area contributed by atoms with Gasteiger partial charge in [0, 0.05) is 5.33 Å². The van der Waals surface area contributed by atoms with Crippen LogP contribution in [0.4, 0.5) is 0 Å². The van der Waals surface area contributed by atoms with E-state index in [9.17, 15) is 0 Å². The Hall–Kier alpha value is -0.630. The van der Waals surface area contributed by atoms with Crippen LogP contribution in [0.2, 0.25) is 0 Å². The van der Waals surface area contributed by atoms with Crippen molar-refractivity contribution in [3.8, 4) is 0 Å². The lowest BCUT2D eigenvalue weighted by molar-refractivity contribution is 1.08. The minimum atomic E-state index is 0.711. The Kier molecular flexibility index (Phi) is 3.30. The van der Waals surface area contributed by atoms with E-state index < -0.39 is 0 Å². The van der Waals surface area contributed by atoms with Gasteiger partial charge < -0.3 is 0 Å². The van der Waals surface area contributed by atoms with Gasteiger partial charge in [-0.15, -0.1) is 0 Å². The quantitative estimate of drug-likeness (QED) is 0.539. The molecule has 11 heavy (non-hydrogen) atoms. The van der Waals surface area contributed by atoms with Crippen LogP contribution in [0.25, 0.3) is 0 Å². The molecule has 2 heteroatoms. The molecule has 0 bridgehead atoms. The summed E-state index contributed by atoms with van der Waals surface area (Å²) in [6.45, 7) is 4.15. The summed E-state index contributed by atoms with van der Waals surface area (Å²) in [5.74, 6) is 0. The Bertz CT molecular complexity index is 228. The molecule has 0 aliphatic carbocycles. The molecule has 0 unspecified atom stereocenters. The maximum absolute atomic E-state index is 3.80. The van der Waals surface area contributed by atoms with Crippen molar-refractivity contribution in [3.05, 3.63) is 35.4 Å². The SMILES string of the molecule is C=NCc1ccc(CBr)cc1. The summed E-state index contributed by atoms with van der Waals surface area (Å²) >= 11 is 3.39. The van der Waals surface area contributed by atoms with E-state index in [1.165, 1.54) is 11.1 Å². The van der Waals surface area contributed by atoms with Crippen LogP contribution in [0.15, 0.2) is 29.3 Å². The van der Waals surface area contributed by atoms with E-state index >= 15 is 0 Å². The lowest BCUT2D eigenvalue weighted by atomic mass is 10.1. The molecular weight excluding hydrogens is 202 g/mol. The maximum Gasteiger partial charge on any atom is 0.0632 e. The zero-order valence-corrected chi connectivity index (χ0v) is 7.84. The molecule has 0 saturated heterocycles. The molecule has 1 rings (SSSR count). The topological polar surface area (TPSA) is 12.4 Å². The average molecular weight is 212 g/mol. The Morgan fingerprint density at radius 1 is 1.18 bits per heavy atom. The van der Waals surface area contributed by atoms with Crippen molar-refractivity contribution in [1.29, 1.82) is 0 Å². The molecule has 0 radical (unpaired) electrons. The summed E-state index contributed by atoms with van der Waals surface area (Å²) < 4.78 is 0. The normalized spacial score (nSPS) is 9.55. The molecule has 0 aliphatic rings. The second-order valence-corrected chi connectivity index (χ2v) is 2.89. The first kappa shape index (κ1) is 8.47. The Balaban J connectivity index is 2.74. The fraction of sp³-hybridized carbons (Fsp3) is 0.222. The number of halogens is 1. The van der Waals surface area contributed by atoms with Crippen LogP contribution in [0.3, 0.4) is 0 Å². The average Bonchev–Trinajstić information content (AvgIpc) is 2.07. The molecule has 0 saturated carbocycles. The van der Waals surface area contributed by atoms with Crippen molar-refractivity contribution in [3.63, 3.8) is 0 Å². The highest BCUT2D eigenvalue weighted by molar-refractivity contribution is 9.08. The first-order valence-corrected chi connectivity index (χ1v) is 4.55. The third-order valence-electron chi connectivity index (χ3n) is 1.47. The van der Waals surface area contributed by atoms with Gasteiger partial charge in [-0.2, -0.15) is 0 Å². The molecule has 0 heterocycles. The number of alkyl halides is 1. The van der Waals surface area contributed by atoms with Gasteiger partial charge in [-0.05, 0) is 17.8 Å². The van der Waals surface area contributed by atoms with Crippen molar-refractivity contribution < 1.29 is 0 Å². The van der Waals surface area contributed by atoms with Gasteiger partial charge in [0.05, 0.1) is 6.54 Å². The van der Waals surface area contributed by atoms with Gasteiger partial charge in [-0.1, -0.05) is 40.2 Å². The lowest BCUT2D eigenvalue weighted by Gasteiger charge is -1.97. The van der Waals surface area contributed by atoms with Crippen molar-refractivity contribution in [2.45, 2.75) is 11.9 Å². The Morgan fingerprint density at radius 2 is 1.73 bits per heavy atom. The zero-order chi connectivity index (χ0) is 8.10. The predicted molar refractivity (Wildman–Crippen MR) is 52.3 cm³/mol. The molecule has 0 fully saturated rings. The third kappa shape index (κ3) is 2.46. The number of nitrogens with zero attached hydrogens (tertiary/aromatic N) is 1.